The second kappa shape index (κ2) is 7.62. The lowest BCUT2D eigenvalue weighted by Crippen LogP contribution is -2.15. The van der Waals surface area contributed by atoms with Crippen LogP contribution in [0.4, 0.5) is 10.1 Å². The fourth-order valence-corrected chi connectivity index (χ4v) is 2.64. The van der Waals surface area contributed by atoms with Gasteiger partial charge in [0.2, 0.25) is 5.91 Å². The first kappa shape index (κ1) is 16.1. The summed E-state index contributed by atoms with van der Waals surface area (Å²) < 4.78 is 13.2. The lowest BCUT2D eigenvalue weighted by molar-refractivity contribution is -0.113. The largest absolute Gasteiger partial charge is 0.325 e. The molecule has 22 heavy (non-hydrogen) atoms. The number of amides is 1. The van der Waals surface area contributed by atoms with Crippen molar-refractivity contribution >= 4 is 23.4 Å². The van der Waals surface area contributed by atoms with E-state index in [0.29, 0.717) is 17.0 Å². The van der Waals surface area contributed by atoms with Gasteiger partial charge in [-0.2, -0.15) is 5.26 Å². The molecule has 0 saturated heterocycles. The Morgan fingerprint density at radius 1 is 1.27 bits per heavy atom. The number of nitriles is 1. The summed E-state index contributed by atoms with van der Waals surface area (Å²) in [6, 6.07) is 13.6. The van der Waals surface area contributed by atoms with Crippen LogP contribution in [0.5, 0.6) is 0 Å². The minimum Gasteiger partial charge on any atom is -0.325 e. The highest BCUT2D eigenvalue weighted by molar-refractivity contribution is 7.99. The Hall–Kier alpha value is -2.32. The standard InChI is InChI=1S/C17H15FN2OS/c1-12-2-7-15(18)8-16(12)20-17(21)11-22-10-14-5-3-13(9-19)4-6-14/h2-8H,10-11H2,1H3,(H,20,21). The van der Waals surface area contributed by atoms with Gasteiger partial charge in [0.1, 0.15) is 5.82 Å². The molecule has 0 aromatic heterocycles. The van der Waals surface area contributed by atoms with Crippen molar-refractivity contribution in [1.82, 2.24) is 0 Å². The monoisotopic (exact) mass is 314 g/mol. The number of rotatable bonds is 5. The Labute approximate surface area is 133 Å². The van der Waals surface area contributed by atoms with E-state index in [1.807, 2.05) is 19.1 Å². The number of benzene rings is 2. The van der Waals surface area contributed by atoms with Crippen LogP contribution in [0.2, 0.25) is 0 Å². The highest BCUT2D eigenvalue weighted by atomic mass is 32.2. The van der Waals surface area contributed by atoms with Gasteiger partial charge in [-0.15, -0.1) is 11.8 Å². The SMILES string of the molecule is Cc1ccc(F)cc1NC(=O)CSCc1ccc(C#N)cc1. The van der Waals surface area contributed by atoms with E-state index in [4.69, 9.17) is 5.26 Å². The summed E-state index contributed by atoms with van der Waals surface area (Å²) in [7, 11) is 0. The van der Waals surface area contributed by atoms with E-state index in [2.05, 4.69) is 11.4 Å². The topological polar surface area (TPSA) is 52.9 Å². The van der Waals surface area contributed by atoms with E-state index >= 15 is 0 Å². The van der Waals surface area contributed by atoms with Gasteiger partial charge >= 0.3 is 0 Å². The zero-order valence-electron chi connectivity index (χ0n) is 12.1. The van der Waals surface area contributed by atoms with Gasteiger partial charge in [0.05, 0.1) is 17.4 Å². The minimum absolute atomic E-state index is 0.160. The second-order valence-corrected chi connectivity index (χ2v) is 5.79. The molecule has 112 valence electrons. The molecule has 0 aliphatic heterocycles. The average molecular weight is 314 g/mol. The number of hydrogen-bond donors (Lipinski definition) is 1. The van der Waals surface area contributed by atoms with Crippen LogP contribution in [0.1, 0.15) is 16.7 Å². The molecule has 3 nitrogen and oxygen atoms in total. The van der Waals surface area contributed by atoms with Crippen molar-refractivity contribution in [3.05, 3.63) is 65.0 Å². The third-order valence-electron chi connectivity index (χ3n) is 3.06. The Morgan fingerprint density at radius 3 is 2.68 bits per heavy atom. The Morgan fingerprint density at radius 2 is 2.00 bits per heavy atom. The summed E-state index contributed by atoms with van der Waals surface area (Å²) in [5.74, 6) is 0.440. The number of hydrogen-bond acceptors (Lipinski definition) is 3. The van der Waals surface area contributed by atoms with E-state index < -0.39 is 0 Å². The minimum atomic E-state index is -0.369. The van der Waals surface area contributed by atoms with Gasteiger partial charge in [-0.1, -0.05) is 18.2 Å². The fourth-order valence-electron chi connectivity index (χ4n) is 1.85. The van der Waals surface area contributed by atoms with Gasteiger partial charge in [0, 0.05) is 11.4 Å². The third-order valence-corrected chi connectivity index (χ3v) is 4.06. The summed E-state index contributed by atoms with van der Waals surface area (Å²) in [6.45, 7) is 1.82. The summed E-state index contributed by atoms with van der Waals surface area (Å²) in [5.41, 5.74) is 3.00. The zero-order valence-corrected chi connectivity index (χ0v) is 12.9. The Bertz CT molecular complexity index is 708. The maximum Gasteiger partial charge on any atom is 0.234 e. The van der Waals surface area contributed by atoms with Crippen molar-refractivity contribution in [2.24, 2.45) is 0 Å². The molecular weight excluding hydrogens is 299 g/mol. The second-order valence-electron chi connectivity index (χ2n) is 4.81. The van der Waals surface area contributed by atoms with Crippen LogP contribution in [0.3, 0.4) is 0 Å². The third kappa shape index (κ3) is 4.61. The normalized spacial score (nSPS) is 10.0. The molecule has 0 atom stereocenters. The maximum absolute atomic E-state index is 13.2. The summed E-state index contributed by atoms with van der Waals surface area (Å²) in [4.78, 5) is 11.9. The van der Waals surface area contributed by atoms with Crippen LogP contribution in [0, 0.1) is 24.1 Å². The van der Waals surface area contributed by atoms with E-state index in [1.165, 1.54) is 23.9 Å². The van der Waals surface area contributed by atoms with E-state index in [9.17, 15) is 9.18 Å². The van der Waals surface area contributed by atoms with Crippen LogP contribution in [-0.4, -0.2) is 11.7 Å². The smallest absolute Gasteiger partial charge is 0.234 e. The molecule has 0 aliphatic carbocycles. The van der Waals surface area contributed by atoms with E-state index in [1.54, 1.807) is 18.2 Å². The maximum atomic E-state index is 13.2. The molecule has 0 fully saturated rings. The number of thioether (sulfide) groups is 1. The molecule has 0 aliphatic rings. The molecule has 0 unspecified atom stereocenters. The van der Waals surface area contributed by atoms with E-state index in [0.717, 1.165) is 11.1 Å². The van der Waals surface area contributed by atoms with Crippen molar-refractivity contribution in [3.63, 3.8) is 0 Å². The molecule has 0 radical (unpaired) electrons. The first-order valence-corrected chi connectivity index (χ1v) is 7.87. The van der Waals surface area contributed by atoms with Crippen molar-refractivity contribution in [2.45, 2.75) is 12.7 Å². The van der Waals surface area contributed by atoms with Gasteiger partial charge in [-0.3, -0.25) is 4.79 Å². The fraction of sp³-hybridized carbons (Fsp3) is 0.176. The average Bonchev–Trinajstić information content (AvgIpc) is 2.51. The molecule has 0 bridgehead atoms. The summed E-state index contributed by atoms with van der Waals surface area (Å²) in [5, 5.41) is 11.4. The predicted molar refractivity (Wildman–Crippen MR) is 87.1 cm³/mol. The molecule has 2 aromatic rings. The Kier molecular flexibility index (Phi) is 5.56. The van der Waals surface area contributed by atoms with Gasteiger partial charge in [0.25, 0.3) is 0 Å². The van der Waals surface area contributed by atoms with E-state index in [-0.39, 0.29) is 17.5 Å². The van der Waals surface area contributed by atoms with Gasteiger partial charge < -0.3 is 5.32 Å². The van der Waals surface area contributed by atoms with Crippen molar-refractivity contribution < 1.29 is 9.18 Å². The van der Waals surface area contributed by atoms with Gasteiger partial charge in [0.15, 0.2) is 0 Å². The van der Waals surface area contributed by atoms with Gasteiger partial charge in [-0.05, 0) is 42.3 Å². The van der Waals surface area contributed by atoms with Gasteiger partial charge in [-0.25, -0.2) is 4.39 Å². The van der Waals surface area contributed by atoms with Crippen LogP contribution < -0.4 is 5.32 Å². The van der Waals surface area contributed by atoms with Crippen LogP contribution >= 0.6 is 11.8 Å². The number of nitrogens with zero attached hydrogens (tertiary/aromatic N) is 1. The Balaban J connectivity index is 1.82. The van der Waals surface area contributed by atoms with Crippen LogP contribution in [0.15, 0.2) is 42.5 Å². The molecule has 1 N–H and O–H groups in total. The summed E-state index contributed by atoms with van der Waals surface area (Å²) in [6.07, 6.45) is 0. The highest BCUT2D eigenvalue weighted by Crippen LogP contribution is 2.17. The number of anilines is 1. The molecule has 2 rings (SSSR count). The number of nitrogens with one attached hydrogen (secondary N) is 1. The number of halogens is 1. The molecule has 2 aromatic carbocycles. The lowest BCUT2D eigenvalue weighted by atomic mass is 10.2. The van der Waals surface area contributed by atoms with Crippen molar-refractivity contribution in [3.8, 4) is 6.07 Å². The molecule has 0 heterocycles. The lowest BCUT2D eigenvalue weighted by Gasteiger charge is -2.08. The molecule has 5 heteroatoms. The van der Waals surface area contributed by atoms with Crippen molar-refractivity contribution in [2.75, 3.05) is 11.1 Å². The molecule has 1 amide bonds. The molecule has 0 saturated carbocycles. The number of aryl methyl sites for hydroxylation is 1. The predicted octanol–water partition coefficient (Wildman–Crippen LogP) is 3.88. The molecular formula is C17H15FN2OS. The zero-order chi connectivity index (χ0) is 15.9. The summed E-state index contributed by atoms with van der Waals surface area (Å²) >= 11 is 1.47. The van der Waals surface area contributed by atoms with Crippen LogP contribution in [0.25, 0.3) is 0 Å². The van der Waals surface area contributed by atoms with Crippen molar-refractivity contribution in [1.29, 1.82) is 5.26 Å². The highest BCUT2D eigenvalue weighted by Gasteiger charge is 2.06. The first-order chi connectivity index (χ1) is 10.6. The molecule has 0 spiro atoms. The number of carbonyl (C=O) groups is 1. The first-order valence-electron chi connectivity index (χ1n) is 6.71. The number of carbonyl (C=O) groups excluding carboxylic acids is 1. The quantitative estimate of drug-likeness (QED) is 0.911. The van der Waals surface area contributed by atoms with Crippen LogP contribution in [-0.2, 0) is 10.5 Å².